The molecule has 17 heavy (non-hydrogen) atoms. The van der Waals surface area contributed by atoms with Gasteiger partial charge in [0.2, 0.25) is 0 Å². The molecule has 1 fully saturated rings. The molecule has 3 rings (SSSR count). The molecule has 1 aliphatic heterocycles. The van der Waals surface area contributed by atoms with Gasteiger partial charge in [-0.05, 0) is 11.6 Å². The fraction of sp³-hybridized carbons (Fsp3) is 0.333. The number of hydrogen-bond acceptors (Lipinski definition) is 4. The highest BCUT2D eigenvalue weighted by molar-refractivity contribution is 6.02. The first-order valence-corrected chi connectivity index (χ1v) is 5.56. The lowest BCUT2D eigenvalue weighted by Crippen LogP contribution is -2.51. The Morgan fingerprint density at radius 1 is 1.06 bits per heavy atom. The van der Waals surface area contributed by atoms with Crippen molar-refractivity contribution in [1.29, 1.82) is 0 Å². The second-order valence-electron chi connectivity index (χ2n) is 4.57. The number of amides is 1. The molecule has 5 nitrogen and oxygen atoms in total. The number of Topliss-reactive ketones (excluding diaryl/α,β-unsaturated/α-hetero) is 1. The second-order valence-corrected chi connectivity index (χ2v) is 4.57. The Balaban J connectivity index is 2.16. The van der Waals surface area contributed by atoms with E-state index in [1.165, 1.54) is 0 Å². The summed E-state index contributed by atoms with van der Waals surface area (Å²) in [5.41, 5.74) is 13.1. The molecule has 1 aromatic carbocycles. The van der Waals surface area contributed by atoms with E-state index >= 15 is 0 Å². The summed E-state index contributed by atoms with van der Waals surface area (Å²) in [7, 11) is 0. The fourth-order valence-corrected chi connectivity index (χ4v) is 2.81. The monoisotopic (exact) mass is 231 g/mol. The third kappa shape index (κ3) is 1.26. The summed E-state index contributed by atoms with van der Waals surface area (Å²) in [5.74, 6) is -0.567. The summed E-state index contributed by atoms with van der Waals surface area (Å²) in [5, 5.41) is 2.78. The number of nitrogens with two attached hydrogens (primary N) is 2. The molecule has 1 saturated carbocycles. The first kappa shape index (κ1) is 10.4. The lowest BCUT2D eigenvalue weighted by molar-refractivity contribution is -0.119. The van der Waals surface area contributed by atoms with Crippen LogP contribution in [0.25, 0.3) is 0 Å². The Bertz CT molecular complexity index is 514. The third-order valence-electron chi connectivity index (χ3n) is 3.68. The van der Waals surface area contributed by atoms with Crippen LogP contribution < -0.4 is 16.8 Å². The Hall–Kier alpha value is -1.72. The number of fused-ring (bicyclic) bond motifs is 3. The number of carbonyl (C=O) groups excluding carboxylic acids is 2. The van der Waals surface area contributed by atoms with Crippen LogP contribution in [-0.2, 0) is 4.79 Å². The summed E-state index contributed by atoms with van der Waals surface area (Å²) in [6.07, 6.45) is 0. The van der Waals surface area contributed by atoms with Gasteiger partial charge in [0.1, 0.15) is 0 Å². The molecule has 0 radical (unpaired) electrons. The molecule has 2 aliphatic rings. The topological polar surface area (TPSA) is 98.2 Å². The van der Waals surface area contributed by atoms with E-state index < -0.39 is 12.1 Å². The smallest absolute Gasteiger partial charge is 0.251 e. The van der Waals surface area contributed by atoms with Crippen LogP contribution in [0.4, 0.5) is 0 Å². The molecule has 88 valence electrons. The van der Waals surface area contributed by atoms with Gasteiger partial charge < -0.3 is 16.8 Å². The highest BCUT2D eigenvalue weighted by Crippen LogP contribution is 2.36. The zero-order valence-electron chi connectivity index (χ0n) is 9.09. The zero-order valence-corrected chi connectivity index (χ0v) is 9.09. The number of benzene rings is 1. The maximum atomic E-state index is 11.9. The Labute approximate surface area is 98.2 Å². The van der Waals surface area contributed by atoms with Gasteiger partial charge in [0.25, 0.3) is 5.91 Å². The van der Waals surface area contributed by atoms with Gasteiger partial charge in [0.15, 0.2) is 5.78 Å². The van der Waals surface area contributed by atoms with Gasteiger partial charge in [-0.25, -0.2) is 0 Å². The van der Waals surface area contributed by atoms with Crippen LogP contribution in [0.5, 0.6) is 0 Å². The van der Waals surface area contributed by atoms with Crippen LogP contribution in [0, 0.1) is 0 Å². The van der Waals surface area contributed by atoms with E-state index in [-0.39, 0.29) is 23.7 Å². The Morgan fingerprint density at radius 3 is 2.53 bits per heavy atom. The number of hydrogen-bond donors (Lipinski definition) is 3. The number of nitrogens with one attached hydrogen (secondary N) is 1. The third-order valence-corrected chi connectivity index (χ3v) is 3.68. The molecular formula is C12H13N3O2. The van der Waals surface area contributed by atoms with Gasteiger partial charge in [-0.1, -0.05) is 18.2 Å². The summed E-state index contributed by atoms with van der Waals surface area (Å²) in [6.45, 7) is 0. The Kier molecular flexibility index (Phi) is 2.08. The normalized spacial score (nSPS) is 35.2. The van der Waals surface area contributed by atoms with Crippen LogP contribution >= 0.6 is 0 Å². The first-order valence-electron chi connectivity index (χ1n) is 5.56. The van der Waals surface area contributed by atoms with Crippen LogP contribution in [-0.4, -0.2) is 29.8 Å². The lowest BCUT2D eigenvalue weighted by atomic mass is 9.84. The summed E-state index contributed by atoms with van der Waals surface area (Å²) in [6, 6.07) is 5.51. The molecule has 0 bridgehead atoms. The molecule has 4 atom stereocenters. The molecule has 5 N–H and O–H groups in total. The minimum atomic E-state index is -0.702. The first-order chi connectivity index (χ1) is 8.11. The van der Waals surface area contributed by atoms with Gasteiger partial charge in [-0.3, -0.25) is 9.59 Å². The lowest BCUT2D eigenvalue weighted by Gasteiger charge is -2.31. The molecule has 2 unspecified atom stereocenters. The van der Waals surface area contributed by atoms with Crippen molar-refractivity contribution in [2.45, 2.75) is 24.0 Å². The van der Waals surface area contributed by atoms with Crippen LogP contribution in [0.1, 0.15) is 21.8 Å². The SMILES string of the molecule is N[C@@H]1C(=O)[C@H](N)C2c3ccccc3C(=O)NC21. The Morgan fingerprint density at radius 2 is 1.76 bits per heavy atom. The van der Waals surface area contributed by atoms with Gasteiger partial charge in [-0.2, -0.15) is 0 Å². The predicted molar refractivity (Wildman–Crippen MR) is 61.4 cm³/mol. The maximum Gasteiger partial charge on any atom is 0.251 e. The second kappa shape index (κ2) is 3.38. The summed E-state index contributed by atoms with van der Waals surface area (Å²) < 4.78 is 0. The van der Waals surface area contributed by atoms with Gasteiger partial charge in [-0.15, -0.1) is 0 Å². The summed E-state index contributed by atoms with van der Waals surface area (Å²) in [4.78, 5) is 23.7. The predicted octanol–water partition coefficient (Wildman–Crippen LogP) is -0.881. The van der Waals surface area contributed by atoms with Gasteiger partial charge in [0.05, 0.1) is 18.1 Å². The number of carbonyl (C=O) groups is 2. The highest BCUT2D eigenvalue weighted by Gasteiger charge is 2.51. The average Bonchev–Trinajstić information content (AvgIpc) is 2.55. The number of ketones is 1. The van der Waals surface area contributed by atoms with Crippen molar-refractivity contribution < 1.29 is 9.59 Å². The molecule has 5 heteroatoms. The highest BCUT2D eigenvalue weighted by atomic mass is 16.2. The molecule has 1 aliphatic carbocycles. The van der Waals surface area contributed by atoms with E-state index in [1.807, 2.05) is 12.1 Å². The fourth-order valence-electron chi connectivity index (χ4n) is 2.81. The minimum Gasteiger partial charge on any atom is -0.347 e. The molecule has 0 saturated heterocycles. The van der Waals surface area contributed by atoms with Crippen molar-refractivity contribution in [2.75, 3.05) is 0 Å². The average molecular weight is 231 g/mol. The quantitative estimate of drug-likeness (QED) is 0.540. The molecular weight excluding hydrogens is 218 g/mol. The van der Waals surface area contributed by atoms with Crippen LogP contribution in [0.15, 0.2) is 24.3 Å². The zero-order chi connectivity index (χ0) is 12.2. The maximum absolute atomic E-state index is 11.9. The summed E-state index contributed by atoms with van der Waals surface area (Å²) >= 11 is 0. The van der Waals surface area contributed by atoms with Gasteiger partial charge in [0, 0.05) is 11.5 Å². The van der Waals surface area contributed by atoms with Crippen molar-refractivity contribution in [1.82, 2.24) is 5.32 Å². The largest absolute Gasteiger partial charge is 0.347 e. The molecule has 1 amide bonds. The molecule has 1 aromatic rings. The number of rotatable bonds is 0. The van der Waals surface area contributed by atoms with E-state index in [4.69, 9.17) is 11.5 Å². The van der Waals surface area contributed by atoms with E-state index in [9.17, 15) is 9.59 Å². The van der Waals surface area contributed by atoms with E-state index in [1.54, 1.807) is 12.1 Å². The minimum absolute atomic E-state index is 0.181. The van der Waals surface area contributed by atoms with Crippen LogP contribution in [0.3, 0.4) is 0 Å². The van der Waals surface area contributed by atoms with Crippen molar-refractivity contribution in [3.63, 3.8) is 0 Å². The van der Waals surface area contributed by atoms with Crippen LogP contribution in [0.2, 0.25) is 0 Å². The molecule has 0 aromatic heterocycles. The van der Waals surface area contributed by atoms with Crippen molar-refractivity contribution in [3.05, 3.63) is 35.4 Å². The molecule has 1 heterocycles. The standard InChI is InChI=1S/C12H13N3O2/c13-8-7-5-3-1-2-4-6(5)12(17)15-10(7)9(14)11(8)16/h1-4,7-10H,13-14H2,(H,15,17)/t7?,8-,9+,10?/m1/s1. The van der Waals surface area contributed by atoms with Gasteiger partial charge >= 0.3 is 0 Å². The van der Waals surface area contributed by atoms with E-state index in [0.717, 1.165) is 5.56 Å². The van der Waals surface area contributed by atoms with E-state index in [2.05, 4.69) is 5.32 Å². The van der Waals surface area contributed by atoms with Crippen molar-refractivity contribution in [3.8, 4) is 0 Å². The van der Waals surface area contributed by atoms with E-state index in [0.29, 0.717) is 5.56 Å². The molecule has 0 spiro atoms. The van der Waals surface area contributed by atoms with Crippen molar-refractivity contribution in [2.24, 2.45) is 11.5 Å². The van der Waals surface area contributed by atoms with Crippen molar-refractivity contribution >= 4 is 11.7 Å².